The summed E-state index contributed by atoms with van der Waals surface area (Å²) >= 11 is 0. The van der Waals surface area contributed by atoms with E-state index in [-0.39, 0.29) is 0 Å². The number of ether oxygens (including phenoxy) is 1. The predicted molar refractivity (Wildman–Crippen MR) is 86.3 cm³/mol. The Labute approximate surface area is 128 Å². The predicted octanol–water partition coefficient (Wildman–Crippen LogP) is 2.41. The van der Waals surface area contributed by atoms with Crippen molar-refractivity contribution in [1.29, 1.82) is 0 Å². The van der Waals surface area contributed by atoms with Crippen molar-refractivity contribution < 1.29 is 9.53 Å². The van der Waals surface area contributed by atoms with Gasteiger partial charge < -0.3 is 21.1 Å². The number of nitrogens with zero attached hydrogens (tertiary/aromatic N) is 2. The average molecular weight is 301 g/mol. The molecular formula is C15H19N5O2. The average Bonchev–Trinajstić information content (AvgIpc) is 2.55. The van der Waals surface area contributed by atoms with Crippen LogP contribution in [-0.2, 0) is 4.74 Å². The maximum Gasteiger partial charge on any atom is 0.339 e. The van der Waals surface area contributed by atoms with Gasteiger partial charge in [0.15, 0.2) is 11.6 Å². The third-order valence-electron chi connectivity index (χ3n) is 3.01. The van der Waals surface area contributed by atoms with Crippen LogP contribution in [0, 0.1) is 0 Å². The molecular weight excluding hydrogens is 282 g/mol. The van der Waals surface area contributed by atoms with Gasteiger partial charge in [0.05, 0.1) is 18.4 Å². The van der Waals surface area contributed by atoms with E-state index in [1.165, 1.54) is 13.4 Å². The fourth-order valence-electron chi connectivity index (χ4n) is 1.89. The SMILES string of the molecule is CCCNc1ncnc(Nc2ccccc2C(=O)OC)c1N. The third-order valence-corrected chi connectivity index (χ3v) is 3.01. The van der Waals surface area contributed by atoms with Crippen LogP contribution in [0.4, 0.5) is 23.0 Å². The Morgan fingerprint density at radius 3 is 2.73 bits per heavy atom. The Kier molecular flexibility index (Phi) is 5.13. The van der Waals surface area contributed by atoms with Gasteiger partial charge in [0.1, 0.15) is 12.0 Å². The molecule has 0 saturated heterocycles. The molecule has 0 amide bonds. The molecule has 1 aromatic carbocycles. The van der Waals surface area contributed by atoms with E-state index in [1.54, 1.807) is 18.2 Å². The Morgan fingerprint density at radius 1 is 1.27 bits per heavy atom. The molecule has 0 radical (unpaired) electrons. The lowest BCUT2D eigenvalue weighted by Gasteiger charge is -2.13. The second kappa shape index (κ2) is 7.26. The molecule has 2 aromatic rings. The largest absolute Gasteiger partial charge is 0.465 e. The lowest BCUT2D eigenvalue weighted by molar-refractivity contribution is 0.0602. The van der Waals surface area contributed by atoms with Crippen LogP contribution in [0.15, 0.2) is 30.6 Å². The molecule has 1 heterocycles. The number of methoxy groups -OCH3 is 1. The van der Waals surface area contributed by atoms with Crippen molar-refractivity contribution in [1.82, 2.24) is 9.97 Å². The fraction of sp³-hybridized carbons (Fsp3) is 0.267. The highest BCUT2D eigenvalue weighted by Crippen LogP contribution is 2.27. The van der Waals surface area contributed by atoms with E-state index >= 15 is 0 Å². The van der Waals surface area contributed by atoms with E-state index < -0.39 is 5.97 Å². The number of esters is 1. The highest BCUT2D eigenvalue weighted by Gasteiger charge is 2.14. The number of nitrogens with one attached hydrogen (secondary N) is 2. The number of rotatable bonds is 6. The highest BCUT2D eigenvalue weighted by molar-refractivity contribution is 5.97. The van der Waals surface area contributed by atoms with Crippen molar-refractivity contribution in [3.63, 3.8) is 0 Å². The van der Waals surface area contributed by atoms with Crippen molar-refractivity contribution in [2.45, 2.75) is 13.3 Å². The van der Waals surface area contributed by atoms with Crippen molar-refractivity contribution >= 4 is 29.0 Å². The molecule has 2 rings (SSSR count). The third kappa shape index (κ3) is 3.43. The quantitative estimate of drug-likeness (QED) is 0.704. The first-order valence-corrected chi connectivity index (χ1v) is 6.96. The Hall–Kier alpha value is -2.83. The summed E-state index contributed by atoms with van der Waals surface area (Å²) in [5.74, 6) is 0.569. The maximum absolute atomic E-state index is 11.8. The zero-order chi connectivity index (χ0) is 15.9. The van der Waals surface area contributed by atoms with E-state index in [2.05, 4.69) is 27.5 Å². The number of aromatic nitrogens is 2. The number of benzene rings is 1. The summed E-state index contributed by atoms with van der Waals surface area (Å²) in [6, 6.07) is 6.99. The summed E-state index contributed by atoms with van der Waals surface area (Å²) < 4.78 is 4.77. The summed E-state index contributed by atoms with van der Waals surface area (Å²) in [6.45, 7) is 2.82. The molecule has 0 unspecified atom stereocenters. The van der Waals surface area contributed by atoms with Gasteiger partial charge in [-0.2, -0.15) is 0 Å². The second-order valence-corrected chi connectivity index (χ2v) is 4.57. The van der Waals surface area contributed by atoms with Crippen molar-refractivity contribution in [3.05, 3.63) is 36.2 Å². The van der Waals surface area contributed by atoms with Crippen molar-refractivity contribution in [2.75, 3.05) is 30.0 Å². The van der Waals surface area contributed by atoms with Gasteiger partial charge >= 0.3 is 5.97 Å². The second-order valence-electron chi connectivity index (χ2n) is 4.57. The summed E-state index contributed by atoms with van der Waals surface area (Å²) in [7, 11) is 1.34. The van der Waals surface area contributed by atoms with Gasteiger partial charge in [-0.25, -0.2) is 14.8 Å². The van der Waals surface area contributed by atoms with Gasteiger partial charge in [0.25, 0.3) is 0 Å². The van der Waals surface area contributed by atoms with E-state index in [9.17, 15) is 4.79 Å². The molecule has 0 fully saturated rings. The van der Waals surface area contributed by atoms with E-state index in [0.717, 1.165) is 13.0 Å². The molecule has 0 bridgehead atoms. The van der Waals surface area contributed by atoms with Crippen LogP contribution in [0.2, 0.25) is 0 Å². The molecule has 0 saturated carbocycles. The molecule has 1 aromatic heterocycles. The van der Waals surface area contributed by atoms with Crippen LogP contribution >= 0.6 is 0 Å². The first kappa shape index (κ1) is 15.6. The minimum Gasteiger partial charge on any atom is -0.465 e. The van der Waals surface area contributed by atoms with E-state index in [1.807, 2.05) is 6.07 Å². The Bertz CT molecular complexity index is 660. The molecule has 0 atom stereocenters. The molecule has 4 N–H and O–H groups in total. The molecule has 116 valence electrons. The Balaban J connectivity index is 2.30. The molecule has 22 heavy (non-hydrogen) atoms. The molecule has 0 aliphatic carbocycles. The van der Waals surface area contributed by atoms with Crippen LogP contribution in [0.3, 0.4) is 0 Å². The number of hydrogen-bond acceptors (Lipinski definition) is 7. The minimum absolute atomic E-state index is 0.399. The number of carbonyl (C=O) groups is 1. The zero-order valence-corrected chi connectivity index (χ0v) is 12.6. The van der Waals surface area contributed by atoms with Crippen LogP contribution in [0.1, 0.15) is 23.7 Å². The van der Waals surface area contributed by atoms with Crippen molar-refractivity contribution in [3.8, 4) is 0 Å². The first-order chi connectivity index (χ1) is 10.7. The monoisotopic (exact) mass is 301 g/mol. The van der Waals surface area contributed by atoms with Crippen LogP contribution in [-0.4, -0.2) is 29.6 Å². The molecule has 0 spiro atoms. The normalized spacial score (nSPS) is 10.1. The standard InChI is InChI=1S/C15H19N5O2/c1-3-8-17-13-12(16)14(19-9-18-13)20-11-7-5-4-6-10(11)15(21)22-2/h4-7,9H,3,8,16H2,1-2H3,(H2,17,18,19,20). The van der Waals surface area contributed by atoms with Crippen LogP contribution in [0.25, 0.3) is 0 Å². The number of carbonyl (C=O) groups excluding carboxylic acids is 1. The summed E-state index contributed by atoms with van der Waals surface area (Å²) in [5.41, 5.74) is 7.44. The topological polar surface area (TPSA) is 102 Å². The molecule has 7 nitrogen and oxygen atoms in total. The number of hydrogen-bond donors (Lipinski definition) is 3. The number of nitrogen functional groups attached to an aromatic ring is 1. The van der Waals surface area contributed by atoms with Crippen LogP contribution in [0.5, 0.6) is 0 Å². The minimum atomic E-state index is -0.431. The van der Waals surface area contributed by atoms with E-state index in [0.29, 0.717) is 28.6 Å². The number of para-hydroxylation sites is 1. The first-order valence-electron chi connectivity index (χ1n) is 6.96. The molecule has 0 aliphatic rings. The van der Waals surface area contributed by atoms with E-state index in [4.69, 9.17) is 10.5 Å². The van der Waals surface area contributed by atoms with Gasteiger partial charge in [-0.3, -0.25) is 0 Å². The Morgan fingerprint density at radius 2 is 2.00 bits per heavy atom. The van der Waals surface area contributed by atoms with Gasteiger partial charge in [0.2, 0.25) is 0 Å². The summed E-state index contributed by atoms with van der Waals surface area (Å²) in [5, 5.41) is 6.19. The zero-order valence-electron chi connectivity index (χ0n) is 12.6. The lowest BCUT2D eigenvalue weighted by Crippen LogP contribution is -2.10. The van der Waals surface area contributed by atoms with Gasteiger partial charge in [-0.05, 0) is 18.6 Å². The smallest absolute Gasteiger partial charge is 0.339 e. The summed E-state index contributed by atoms with van der Waals surface area (Å²) in [6.07, 6.45) is 2.37. The molecule has 0 aliphatic heterocycles. The van der Waals surface area contributed by atoms with Crippen molar-refractivity contribution in [2.24, 2.45) is 0 Å². The summed E-state index contributed by atoms with van der Waals surface area (Å²) in [4.78, 5) is 20.0. The van der Waals surface area contributed by atoms with Gasteiger partial charge in [-0.15, -0.1) is 0 Å². The molecule has 7 heteroatoms. The van der Waals surface area contributed by atoms with Gasteiger partial charge in [-0.1, -0.05) is 19.1 Å². The number of nitrogens with two attached hydrogens (primary N) is 1. The lowest BCUT2D eigenvalue weighted by atomic mass is 10.2. The van der Waals surface area contributed by atoms with Gasteiger partial charge in [0, 0.05) is 6.54 Å². The number of anilines is 4. The van der Waals surface area contributed by atoms with Crippen LogP contribution < -0.4 is 16.4 Å². The highest BCUT2D eigenvalue weighted by atomic mass is 16.5. The fourth-order valence-corrected chi connectivity index (χ4v) is 1.89. The maximum atomic E-state index is 11.8.